The number of fused-ring (bicyclic) bond motifs is 1. The summed E-state index contributed by atoms with van der Waals surface area (Å²) in [5.41, 5.74) is 0.801. The second-order valence-electron chi connectivity index (χ2n) is 4.75. The maximum atomic E-state index is 11.9. The van der Waals surface area contributed by atoms with E-state index in [0.717, 1.165) is 11.0 Å². The molecule has 1 fully saturated rings. The van der Waals surface area contributed by atoms with E-state index in [1.54, 1.807) is 0 Å². The van der Waals surface area contributed by atoms with Gasteiger partial charge in [0.15, 0.2) is 11.5 Å². The Labute approximate surface area is 94.3 Å². The largest absolute Gasteiger partial charge is 0.453 e. The van der Waals surface area contributed by atoms with Gasteiger partial charge in [-0.1, -0.05) is 25.1 Å². The maximum Gasteiger partial charge on any atom is 0.198 e. The van der Waals surface area contributed by atoms with Gasteiger partial charge >= 0.3 is 0 Å². The molecule has 2 nitrogen and oxygen atoms in total. The Balaban J connectivity index is 1.85. The third kappa shape index (κ3) is 1.64. The minimum absolute atomic E-state index is 0.144. The molecule has 1 heterocycles. The molecule has 1 saturated carbocycles. The smallest absolute Gasteiger partial charge is 0.198 e. The topological polar surface area (TPSA) is 30.2 Å². The molecular weight excluding hydrogens is 200 g/mol. The molecule has 3 rings (SSSR count). The van der Waals surface area contributed by atoms with Crippen molar-refractivity contribution in [2.75, 3.05) is 0 Å². The number of ketones is 1. The van der Waals surface area contributed by atoms with Crippen molar-refractivity contribution in [3.05, 3.63) is 36.1 Å². The maximum absolute atomic E-state index is 11.9. The molecule has 1 aromatic carbocycles. The van der Waals surface area contributed by atoms with Crippen LogP contribution in [0.4, 0.5) is 0 Å². The van der Waals surface area contributed by atoms with E-state index in [0.29, 0.717) is 24.0 Å². The lowest BCUT2D eigenvalue weighted by Crippen LogP contribution is -1.98. The standard InChI is InChI=1S/C14H14O2/c1-9-6-11(9)7-12(15)14-8-10-4-2-3-5-13(10)16-14/h2-5,8-9,11H,6-7H2,1H3. The predicted molar refractivity (Wildman–Crippen MR) is 62.4 cm³/mol. The summed E-state index contributed by atoms with van der Waals surface area (Å²) >= 11 is 0. The molecule has 0 radical (unpaired) electrons. The van der Waals surface area contributed by atoms with Gasteiger partial charge in [-0.2, -0.15) is 0 Å². The fourth-order valence-corrected chi connectivity index (χ4v) is 2.14. The van der Waals surface area contributed by atoms with Crippen molar-refractivity contribution in [3.63, 3.8) is 0 Å². The molecule has 1 aromatic heterocycles. The van der Waals surface area contributed by atoms with Gasteiger partial charge in [-0.15, -0.1) is 0 Å². The van der Waals surface area contributed by atoms with Crippen molar-refractivity contribution in [2.24, 2.45) is 11.8 Å². The van der Waals surface area contributed by atoms with Crippen LogP contribution in [0, 0.1) is 11.8 Å². The number of Topliss-reactive ketones (excluding diaryl/α,β-unsaturated/α-hetero) is 1. The zero-order chi connectivity index (χ0) is 11.1. The van der Waals surface area contributed by atoms with E-state index in [4.69, 9.17) is 4.42 Å². The highest BCUT2D eigenvalue weighted by Crippen LogP contribution is 2.41. The van der Waals surface area contributed by atoms with Gasteiger partial charge in [0.05, 0.1) is 0 Å². The number of hydrogen-bond acceptors (Lipinski definition) is 2. The zero-order valence-corrected chi connectivity index (χ0v) is 9.27. The number of furan rings is 1. The monoisotopic (exact) mass is 214 g/mol. The Morgan fingerprint density at radius 1 is 1.44 bits per heavy atom. The van der Waals surface area contributed by atoms with Crippen molar-refractivity contribution in [1.29, 1.82) is 0 Å². The first-order chi connectivity index (χ1) is 7.74. The molecule has 1 aliphatic rings. The number of carbonyl (C=O) groups excluding carboxylic acids is 1. The molecule has 2 heteroatoms. The van der Waals surface area contributed by atoms with Crippen LogP contribution in [0.3, 0.4) is 0 Å². The highest BCUT2D eigenvalue weighted by atomic mass is 16.3. The predicted octanol–water partition coefficient (Wildman–Crippen LogP) is 3.66. The van der Waals surface area contributed by atoms with Crippen LogP contribution in [-0.2, 0) is 0 Å². The van der Waals surface area contributed by atoms with Crippen LogP contribution in [0.15, 0.2) is 34.7 Å². The summed E-state index contributed by atoms with van der Waals surface area (Å²) in [6.07, 6.45) is 1.83. The SMILES string of the molecule is CC1CC1CC(=O)c1cc2ccccc2o1. The minimum Gasteiger partial charge on any atom is -0.453 e. The Kier molecular flexibility index (Phi) is 2.10. The lowest BCUT2D eigenvalue weighted by molar-refractivity contribution is 0.0949. The van der Waals surface area contributed by atoms with Crippen LogP contribution in [0.1, 0.15) is 30.3 Å². The highest BCUT2D eigenvalue weighted by Gasteiger charge is 2.34. The van der Waals surface area contributed by atoms with Gasteiger partial charge in [0.25, 0.3) is 0 Å². The molecule has 0 N–H and O–H groups in total. The van der Waals surface area contributed by atoms with Crippen LogP contribution in [-0.4, -0.2) is 5.78 Å². The van der Waals surface area contributed by atoms with Gasteiger partial charge < -0.3 is 4.42 Å². The molecule has 0 amide bonds. The molecule has 1 aliphatic carbocycles. The summed E-state index contributed by atoms with van der Waals surface area (Å²) in [7, 11) is 0. The molecule has 2 atom stereocenters. The average Bonchev–Trinajstić information content (AvgIpc) is 2.82. The van der Waals surface area contributed by atoms with E-state index in [1.807, 2.05) is 30.3 Å². The zero-order valence-electron chi connectivity index (χ0n) is 9.27. The average molecular weight is 214 g/mol. The lowest BCUT2D eigenvalue weighted by Gasteiger charge is -1.93. The van der Waals surface area contributed by atoms with E-state index in [9.17, 15) is 4.79 Å². The van der Waals surface area contributed by atoms with Gasteiger partial charge in [-0.05, 0) is 30.4 Å². The number of carbonyl (C=O) groups is 1. The lowest BCUT2D eigenvalue weighted by atomic mass is 10.1. The summed E-state index contributed by atoms with van der Waals surface area (Å²) in [4.78, 5) is 11.9. The number of hydrogen-bond donors (Lipinski definition) is 0. The number of rotatable bonds is 3. The van der Waals surface area contributed by atoms with Gasteiger partial charge in [-0.25, -0.2) is 0 Å². The van der Waals surface area contributed by atoms with Crippen LogP contribution in [0.2, 0.25) is 0 Å². The quantitative estimate of drug-likeness (QED) is 0.730. The molecule has 0 aliphatic heterocycles. The van der Waals surface area contributed by atoms with E-state index in [1.165, 1.54) is 6.42 Å². The van der Waals surface area contributed by atoms with Crippen molar-refractivity contribution >= 4 is 16.8 Å². The van der Waals surface area contributed by atoms with Gasteiger partial charge in [0, 0.05) is 11.8 Å². The summed E-state index contributed by atoms with van der Waals surface area (Å²) in [5.74, 6) is 1.96. The Bertz CT molecular complexity index is 505. The van der Waals surface area contributed by atoms with E-state index < -0.39 is 0 Å². The second-order valence-corrected chi connectivity index (χ2v) is 4.75. The van der Waals surface area contributed by atoms with Gasteiger partial charge in [-0.3, -0.25) is 4.79 Å². The summed E-state index contributed by atoms with van der Waals surface area (Å²) in [5, 5.41) is 1.01. The van der Waals surface area contributed by atoms with Crippen molar-refractivity contribution < 1.29 is 9.21 Å². The third-order valence-electron chi connectivity index (χ3n) is 3.42. The van der Waals surface area contributed by atoms with Crippen molar-refractivity contribution in [1.82, 2.24) is 0 Å². The van der Waals surface area contributed by atoms with Crippen LogP contribution in [0.25, 0.3) is 11.0 Å². The van der Waals surface area contributed by atoms with E-state index >= 15 is 0 Å². The molecule has 0 saturated heterocycles. The second kappa shape index (κ2) is 3.48. The molecule has 2 unspecified atom stereocenters. The molecule has 82 valence electrons. The summed E-state index contributed by atoms with van der Waals surface area (Å²) in [6.45, 7) is 2.19. The van der Waals surface area contributed by atoms with E-state index in [-0.39, 0.29) is 5.78 Å². The normalized spacial score (nSPS) is 23.6. The molecular formula is C14H14O2. The Morgan fingerprint density at radius 2 is 2.19 bits per heavy atom. The number of benzene rings is 1. The van der Waals surface area contributed by atoms with Crippen molar-refractivity contribution in [3.8, 4) is 0 Å². The van der Waals surface area contributed by atoms with Crippen LogP contribution in [0.5, 0.6) is 0 Å². The third-order valence-corrected chi connectivity index (χ3v) is 3.42. The molecule has 0 bridgehead atoms. The fraction of sp³-hybridized carbons (Fsp3) is 0.357. The van der Waals surface area contributed by atoms with Gasteiger partial charge in [0.2, 0.25) is 0 Å². The molecule has 16 heavy (non-hydrogen) atoms. The van der Waals surface area contributed by atoms with Gasteiger partial charge in [0.1, 0.15) is 5.58 Å². The fourth-order valence-electron chi connectivity index (χ4n) is 2.14. The van der Waals surface area contributed by atoms with Crippen LogP contribution < -0.4 is 0 Å². The number of para-hydroxylation sites is 1. The molecule has 2 aromatic rings. The van der Waals surface area contributed by atoms with E-state index in [2.05, 4.69) is 6.92 Å². The molecule has 0 spiro atoms. The summed E-state index contributed by atoms with van der Waals surface area (Å²) < 4.78 is 5.54. The van der Waals surface area contributed by atoms with Crippen molar-refractivity contribution in [2.45, 2.75) is 19.8 Å². The minimum atomic E-state index is 0.144. The first-order valence-electron chi connectivity index (χ1n) is 5.76. The Hall–Kier alpha value is -1.57. The summed E-state index contributed by atoms with van der Waals surface area (Å²) in [6, 6.07) is 9.59. The Morgan fingerprint density at radius 3 is 2.88 bits per heavy atom. The first-order valence-corrected chi connectivity index (χ1v) is 5.76. The first kappa shape index (κ1) is 9.64. The van der Waals surface area contributed by atoms with Crippen LogP contribution >= 0.6 is 0 Å². The highest BCUT2D eigenvalue weighted by molar-refractivity contribution is 5.97.